The average molecular weight is 324 g/mol. The molecule has 0 saturated carbocycles. The fourth-order valence-corrected chi connectivity index (χ4v) is 2.09. The summed E-state index contributed by atoms with van der Waals surface area (Å²) in [5.41, 5.74) is 2.35. The molecule has 0 atom stereocenters. The number of rotatable bonds is 7. The van der Waals surface area contributed by atoms with Crippen molar-refractivity contribution in [2.75, 3.05) is 20.8 Å². The summed E-state index contributed by atoms with van der Waals surface area (Å²) >= 11 is 0. The zero-order valence-electron chi connectivity index (χ0n) is 12.8. The fraction of sp³-hybridized carbons (Fsp3) is 0.294. The van der Waals surface area contributed by atoms with Crippen molar-refractivity contribution in [1.29, 1.82) is 0 Å². The highest BCUT2D eigenvalue weighted by Gasteiger charge is 2.02. The molecule has 0 heterocycles. The lowest BCUT2D eigenvalue weighted by molar-refractivity contribution is 0.373. The van der Waals surface area contributed by atoms with Gasteiger partial charge in [-0.15, -0.1) is 12.4 Å². The molecule has 2 N–H and O–H groups in total. The first-order chi connectivity index (χ1) is 10.2. The molecular weight excluding hydrogens is 302 g/mol. The van der Waals surface area contributed by atoms with E-state index in [1.54, 1.807) is 20.3 Å². The van der Waals surface area contributed by atoms with Crippen LogP contribution in [0.3, 0.4) is 0 Å². The van der Waals surface area contributed by atoms with E-state index >= 15 is 0 Å². The number of phenols is 1. The van der Waals surface area contributed by atoms with E-state index in [9.17, 15) is 5.11 Å². The highest BCUT2D eigenvalue weighted by molar-refractivity contribution is 5.85. The quantitative estimate of drug-likeness (QED) is 0.768. The summed E-state index contributed by atoms with van der Waals surface area (Å²) in [7, 11) is 3.22. The van der Waals surface area contributed by atoms with Crippen molar-refractivity contribution in [2.24, 2.45) is 0 Å². The van der Waals surface area contributed by atoms with Gasteiger partial charge in [0.1, 0.15) is 5.75 Å². The van der Waals surface area contributed by atoms with Crippen LogP contribution in [0.2, 0.25) is 0 Å². The van der Waals surface area contributed by atoms with Crippen molar-refractivity contribution < 1.29 is 14.6 Å². The molecule has 0 fully saturated rings. The average Bonchev–Trinajstić information content (AvgIpc) is 2.53. The Balaban J connectivity index is 0.00000242. The van der Waals surface area contributed by atoms with Crippen LogP contribution in [0.1, 0.15) is 11.1 Å². The van der Waals surface area contributed by atoms with Crippen molar-refractivity contribution in [2.45, 2.75) is 13.0 Å². The first-order valence-corrected chi connectivity index (χ1v) is 6.92. The smallest absolute Gasteiger partial charge is 0.160 e. The summed E-state index contributed by atoms with van der Waals surface area (Å²) in [5, 5.41) is 12.9. The molecule has 0 saturated heterocycles. The number of hydrogen-bond acceptors (Lipinski definition) is 4. The zero-order chi connectivity index (χ0) is 15.1. The van der Waals surface area contributed by atoms with Gasteiger partial charge in [-0.25, -0.2) is 0 Å². The molecule has 0 aliphatic carbocycles. The van der Waals surface area contributed by atoms with Gasteiger partial charge < -0.3 is 19.9 Å². The van der Waals surface area contributed by atoms with Gasteiger partial charge in [-0.05, 0) is 48.4 Å². The summed E-state index contributed by atoms with van der Waals surface area (Å²) in [4.78, 5) is 0. The predicted octanol–water partition coefficient (Wildman–Crippen LogP) is 3.16. The van der Waals surface area contributed by atoms with E-state index in [0.29, 0.717) is 5.75 Å². The van der Waals surface area contributed by atoms with Crippen LogP contribution in [-0.2, 0) is 13.0 Å². The maximum atomic E-state index is 9.54. The van der Waals surface area contributed by atoms with Gasteiger partial charge in [0.2, 0.25) is 0 Å². The summed E-state index contributed by atoms with van der Waals surface area (Å²) < 4.78 is 10.2. The van der Waals surface area contributed by atoms with Gasteiger partial charge in [0.15, 0.2) is 11.5 Å². The lowest BCUT2D eigenvalue weighted by Gasteiger charge is -2.08. The number of halogens is 1. The van der Waals surface area contributed by atoms with Crippen molar-refractivity contribution in [3.63, 3.8) is 0 Å². The molecule has 2 aromatic carbocycles. The minimum atomic E-state index is 0. The molecule has 2 aromatic rings. The Bertz CT molecular complexity index is 573. The molecule has 0 amide bonds. The van der Waals surface area contributed by atoms with E-state index in [4.69, 9.17) is 9.47 Å². The topological polar surface area (TPSA) is 50.7 Å². The van der Waals surface area contributed by atoms with Crippen molar-refractivity contribution in [3.8, 4) is 17.2 Å². The van der Waals surface area contributed by atoms with Crippen molar-refractivity contribution in [3.05, 3.63) is 53.6 Å². The van der Waals surface area contributed by atoms with Gasteiger partial charge in [-0.1, -0.05) is 18.2 Å². The Labute approximate surface area is 137 Å². The predicted molar refractivity (Wildman–Crippen MR) is 90.3 cm³/mol. The normalized spacial score (nSPS) is 9.91. The number of ether oxygens (including phenoxy) is 2. The molecule has 0 aromatic heterocycles. The van der Waals surface area contributed by atoms with Gasteiger partial charge >= 0.3 is 0 Å². The van der Waals surface area contributed by atoms with Crippen LogP contribution in [0, 0.1) is 0 Å². The molecule has 0 aliphatic rings. The minimum Gasteiger partial charge on any atom is -0.504 e. The molecule has 0 radical (unpaired) electrons. The van der Waals surface area contributed by atoms with Gasteiger partial charge in [-0.2, -0.15) is 0 Å². The van der Waals surface area contributed by atoms with Gasteiger partial charge in [0.25, 0.3) is 0 Å². The Kier molecular flexibility index (Phi) is 7.57. The number of hydrogen-bond donors (Lipinski definition) is 2. The van der Waals surface area contributed by atoms with E-state index in [-0.39, 0.29) is 18.2 Å². The number of aromatic hydroxyl groups is 1. The summed E-state index contributed by atoms with van der Waals surface area (Å²) in [6.45, 7) is 1.63. The van der Waals surface area contributed by atoms with Crippen LogP contribution in [0.15, 0.2) is 42.5 Å². The third-order valence-electron chi connectivity index (χ3n) is 3.32. The van der Waals surface area contributed by atoms with Gasteiger partial charge in [-0.3, -0.25) is 0 Å². The minimum absolute atomic E-state index is 0. The molecule has 2 rings (SSSR count). The van der Waals surface area contributed by atoms with Crippen molar-refractivity contribution in [1.82, 2.24) is 5.32 Å². The lowest BCUT2D eigenvalue weighted by atomic mass is 10.1. The number of benzene rings is 2. The Morgan fingerprint density at radius 1 is 0.955 bits per heavy atom. The van der Waals surface area contributed by atoms with Crippen molar-refractivity contribution >= 4 is 12.4 Å². The van der Waals surface area contributed by atoms with Gasteiger partial charge in [0.05, 0.1) is 14.2 Å². The molecular formula is C17H22ClNO3. The third kappa shape index (κ3) is 5.13. The summed E-state index contributed by atoms with van der Waals surface area (Å²) in [6, 6.07) is 13.5. The Morgan fingerprint density at radius 2 is 1.64 bits per heavy atom. The molecule has 0 unspecified atom stereocenters. The van der Waals surface area contributed by atoms with Crippen LogP contribution in [-0.4, -0.2) is 25.9 Å². The van der Waals surface area contributed by atoms with E-state index in [1.165, 1.54) is 5.56 Å². The second kappa shape index (κ2) is 9.18. The highest BCUT2D eigenvalue weighted by Crippen LogP contribution is 2.26. The first-order valence-electron chi connectivity index (χ1n) is 6.92. The zero-order valence-corrected chi connectivity index (χ0v) is 13.7. The van der Waals surface area contributed by atoms with E-state index in [0.717, 1.165) is 30.8 Å². The van der Waals surface area contributed by atoms with Crippen LogP contribution in [0.4, 0.5) is 0 Å². The molecule has 4 nitrogen and oxygen atoms in total. The standard InChI is InChI=1S/C17H21NO3.ClH/c1-20-15-6-3-13(4-7-15)9-10-18-12-14-5-8-16(19)17(11-14)21-2;/h3-8,11,18-19H,9-10,12H2,1-2H3;1H. The van der Waals surface area contributed by atoms with E-state index in [2.05, 4.69) is 17.4 Å². The third-order valence-corrected chi connectivity index (χ3v) is 3.32. The molecule has 0 bridgehead atoms. The number of nitrogens with one attached hydrogen (secondary N) is 1. The van der Waals surface area contributed by atoms with Crippen LogP contribution >= 0.6 is 12.4 Å². The molecule has 5 heteroatoms. The molecule has 0 aliphatic heterocycles. The summed E-state index contributed by atoms with van der Waals surface area (Å²) in [6.07, 6.45) is 0.958. The largest absolute Gasteiger partial charge is 0.504 e. The number of methoxy groups -OCH3 is 2. The molecule has 120 valence electrons. The molecule has 22 heavy (non-hydrogen) atoms. The van der Waals surface area contributed by atoms with Crippen LogP contribution < -0.4 is 14.8 Å². The van der Waals surface area contributed by atoms with Crippen LogP contribution in [0.5, 0.6) is 17.2 Å². The van der Waals surface area contributed by atoms with E-state index in [1.807, 2.05) is 24.3 Å². The Morgan fingerprint density at radius 3 is 2.27 bits per heavy atom. The lowest BCUT2D eigenvalue weighted by Crippen LogP contribution is -2.16. The second-order valence-corrected chi connectivity index (χ2v) is 4.78. The SMILES string of the molecule is COc1ccc(CCNCc2ccc(O)c(OC)c2)cc1.Cl. The monoisotopic (exact) mass is 323 g/mol. The number of phenolic OH excluding ortho intramolecular Hbond substituents is 1. The van der Waals surface area contributed by atoms with E-state index < -0.39 is 0 Å². The maximum absolute atomic E-state index is 9.54. The fourth-order valence-electron chi connectivity index (χ4n) is 2.09. The summed E-state index contributed by atoms with van der Waals surface area (Å²) in [5.74, 6) is 1.55. The van der Waals surface area contributed by atoms with Gasteiger partial charge in [0, 0.05) is 6.54 Å². The maximum Gasteiger partial charge on any atom is 0.160 e. The first kappa shape index (κ1) is 18.1. The molecule has 0 spiro atoms. The second-order valence-electron chi connectivity index (χ2n) is 4.78. The van der Waals surface area contributed by atoms with Crippen LogP contribution in [0.25, 0.3) is 0 Å². The Hall–Kier alpha value is -1.91. The highest BCUT2D eigenvalue weighted by atomic mass is 35.5.